The van der Waals surface area contributed by atoms with E-state index < -0.39 is 0 Å². The smallest absolute Gasteiger partial charge is 0.257 e. The Labute approximate surface area is 122 Å². The summed E-state index contributed by atoms with van der Waals surface area (Å²) in [5.41, 5.74) is 0.494. The Balaban J connectivity index is 2.07. The van der Waals surface area contributed by atoms with Gasteiger partial charge in [-0.3, -0.25) is 4.79 Å². The number of rotatable bonds is 3. The molecule has 1 heterocycles. The van der Waals surface area contributed by atoms with E-state index in [-0.39, 0.29) is 11.9 Å². The highest BCUT2D eigenvalue weighted by Gasteiger charge is 2.24. The summed E-state index contributed by atoms with van der Waals surface area (Å²) in [6, 6.07) is 3.66. The van der Waals surface area contributed by atoms with Gasteiger partial charge in [0.1, 0.15) is 5.56 Å². The van der Waals surface area contributed by atoms with Gasteiger partial charge in [0.15, 0.2) is 0 Å². The highest BCUT2D eigenvalue weighted by Crippen LogP contribution is 2.24. The second-order valence-corrected chi connectivity index (χ2v) is 5.97. The van der Waals surface area contributed by atoms with Gasteiger partial charge in [0.25, 0.3) is 5.91 Å². The Bertz CT molecular complexity index is 439. The standard InChI is InChI=1S/C14H19BrN2O2/c1-19-14-10(6-5-9-16-14)13(18)17-12-8-4-2-3-7-11(12)15/h5-6,9,11-12H,2-4,7-8H2,1H3,(H,17,18). The zero-order valence-electron chi connectivity index (χ0n) is 11.1. The van der Waals surface area contributed by atoms with E-state index in [4.69, 9.17) is 4.74 Å². The molecule has 1 saturated carbocycles. The topological polar surface area (TPSA) is 51.2 Å². The van der Waals surface area contributed by atoms with Crippen LogP contribution >= 0.6 is 15.9 Å². The Kier molecular flexibility index (Phi) is 5.19. The number of methoxy groups -OCH3 is 1. The molecule has 2 unspecified atom stereocenters. The lowest BCUT2D eigenvalue weighted by atomic mass is 10.1. The first-order valence-electron chi connectivity index (χ1n) is 6.66. The number of nitrogens with zero attached hydrogens (tertiary/aromatic N) is 1. The SMILES string of the molecule is COc1ncccc1C(=O)NC1CCCCCC1Br. The molecule has 2 atom stereocenters. The molecule has 1 N–H and O–H groups in total. The Morgan fingerprint density at radius 2 is 2.21 bits per heavy atom. The van der Waals surface area contributed by atoms with E-state index in [1.807, 2.05) is 0 Å². The molecule has 1 fully saturated rings. The normalized spacial score (nSPS) is 23.5. The van der Waals surface area contributed by atoms with E-state index in [1.165, 1.54) is 20.0 Å². The third kappa shape index (κ3) is 3.69. The van der Waals surface area contributed by atoms with Gasteiger partial charge in [0, 0.05) is 17.1 Å². The number of pyridine rings is 1. The lowest BCUT2D eigenvalue weighted by Crippen LogP contribution is -2.40. The van der Waals surface area contributed by atoms with Gasteiger partial charge in [-0.05, 0) is 25.0 Å². The van der Waals surface area contributed by atoms with Crippen molar-refractivity contribution in [2.24, 2.45) is 0 Å². The van der Waals surface area contributed by atoms with Crippen LogP contribution < -0.4 is 10.1 Å². The van der Waals surface area contributed by atoms with Gasteiger partial charge >= 0.3 is 0 Å². The van der Waals surface area contributed by atoms with Crippen LogP contribution in [0.3, 0.4) is 0 Å². The van der Waals surface area contributed by atoms with Crippen LogP contribution in [0.25, 0.3) is 0 Å². The van der Waals surface area contributed by atoms with Crippen LogP contribution in [0.15, 0.2) is 18.3 Å². The van der Waals surface area contributed by atoms with Gasteiger partial charge in [-0.2, -0.15) is 0 Å². The number of hydrogen-bond donors (Lipinski definition) is 1. The second kappa shape index (κ2) is 6.89. The quantitative estimate of drug-likeness (QED) is 0.686. The molecule has 1 amide bonds. The molecule has 1 aromatic rings. The Morgan fingerprint density at radius 1 is 1.42 bits per heavy atom. The summed E-state index contributed by atoms with van der Waals surface area (Å²) >= 11 is 3.68. The van der Waals surface area contributed by atoms with Crippen LogP contribution in [0.1, 0.15) is 42.5 Å². The average molecular weight is 327 g/mol. The van der Waals surface area contributed by atoms with Gasteiger partial charge in [0.2, 0.25) is 5.88 Å². The molecule has 0 aromatic carbocycles. The number of carbonyl (C=O) groups is 1. The van der Waals surface area contributed by atoms with Crippen LogP contribution in [-0.2, 0) is 0 Å². The minimum atomic E-state index is -0.110. The molecule has 0 saturated heterocycles. The summed E-state index contributed by atoms with van der Waals surface area (Å²) in [7, 11) is 1.53. The van der Waals surface area contributed by atoms with E-state index in [2.05, 4.69) is 26.2 Å². The van der Waals surface area contributed by atoms with Crippen molar-refractivity contribution in [3.63, 3.8) is 0 Å². The van der Waals surface area contributed by atoms with E-state index >= 15 is 0 Å². The molecule has 4 nitrogen and oxygen atoms in total. The number of alkyl halides is 1. The van der Waals surface area contributed by atoms with Gasteiger partial charge in [-0.15, -0.1) is 0 Å². The fourth-order valence-corrected chi connectivity index (χ4v) is 3.12. The van der Waals surface area contributed by atoms with Crippen LogP contribution in [0.4, 0.5) is 0 Å². The zero-order chi connectivity index (χ0) is 13.7. The van der Waals surface area contributed by atoms with Crippen molar-refractivity contribution in [2.45, 2.75) is 43.0 Å². The predicted molar refractivity (Wildman–Crippen MR) is 77.8 cm³/mol. The molecular weight excluding hydrogens is 308 g/mol. The third-order valence-corrected chi connectivity index (χ3v) is 4.55. The van der Waals surface area contributed by atoms with Crippen molar-refractivity contribution >= 4 is 21.8 Å². The van der Waals surface area contributed by atoms with Crippen molar-refractivity contribution in [2.75, 3.05) is 7.11 Å². The van der Waals surface area contributed by atoms with Gasteiger partial charge in [0.05, 0.1) is 7.11 Å². The number of carbonyl (C=O) groups excluding carboxylic acids is 1. The van der Waals surface area contributed by atoms with Crippen LogP contribution in [0, 0.1) is 0 Å². The highest BCUT2D eigenvalue weighted by molar-refractivity contribution is 9.09. The van der Waals surface area contributed by atoms with Gasteiger partial charge < -0.3 is 10.1 Å². The first-order chi connectivity index (χ1) is 9.22. The summed E-state index contributed by atoms with van der Waals surface area (Å²) in [6.45, 7) is 0. The summed E-state index contributed by atoms with van der Waals surface area (Å²) in [5, 5.41) is 3.09. The lowest BCUT2D eigenvalue weighted by molar-refractivity contribution is 0.0931. The van der Waals surface area contributed by atoms with Crippen LogP contribution in [-0.4, -0.2) is 28.9 Å². The third-order valence-electron chi connectivity index (χ3n) is 3.46. The summed E-state index contributed by atoms with van der Waals surface area (Å²) in [5.74, 6) is 0.265. The minimum Gasteiger partial charge on any atom is -0.480 e. The van der Waals surface area contributed by atoms with Gasteiger partial charge in [-0.1, -0.05) is 35.2 Å². The van der Waals surface area contributed by atoms with E-state index in [0.29, 0.717) is 16.3 Å². The number of halogens is 1. The fraction of sp³-hybridized carbons (Fsp3) is 0.571. The molecule has 2 rings (SSSR count). The monoisotopic (exact) mass is 326 g/mol. The maximum atomic E-state index is 12.3. The number of ether oxygens (including phenoxy) is 1. The second-order valence-electron chi connectivity index (χ2n) is 4.79. The molecule has 104 valence electrons. The van der Waals surface area contributed by atoms with Crippen LogP contribution in [0.2, 0.25) is 0 Å². The predicted octanol–water partition coefficient (Wildman–Crippen LogP) is 2.92. The molecule has 0 spiro atoms. The van der Waals surface area contributed by atoms with E-state index in [1.54, 1.807) is 18.3 Å². The molecule has 5 heteroatoms. The average Bonchev–Trinajstić information content (AvgIpc) is 2.64. The molecule has 0 radical (unpaired) electrons. The van der Waals surface area contributed by atoms with Crippen molar-refractivity contribution in [1.82, 2.24) is 10.3 Å². The molecule has 0 bridgehead atoms. The summed E-state index contributed by atoms with van der Waals surface area (Å²) in [6.07, 6.45) is 7.37. The molecule has 1 aliphatic carbocycles. The summed E-state index contributed by atoms with van der Waals surface area (Å²) in [4.78, 5) is 16.7. The maximum absolute atomic E-state index is 12.3. The fourth-order valence-electron chi connectivity index (χ4n) is 2.40. The van der Waals surface area contributed by atoms with Crippen LogP contribution in [0.5, 0.6) is 5.88 Å². The van der Waals surface area contributed by atoms with E-state index in [0.717, 1.165) is 19.3 Å². The van der Waals surface area contributed by atoms with E-state index in [9.17, 15) is 4.79 Å². The first-order valence-corrected chi connectivity index (χ1v) is 7.58. The van der Waals surface area contributed by atoms with Crippen molar-refractivity contribution in [1.29, 1.82) is 0 Å². The molecule has 19 heavy (non-hydrogen) atoms. The number of nitrogens with one attached hydrogen (secondary N) is 1. The number of aromatic nitrogens is 1. The minimum absolute atomic E-state index is 0.110. The Morgan fingerprint density at radius 3 is 3.00 bits per heavy atom. The number of amides is 1. The van der Waals surface area contributed by atoms with Crippen molar-refractivity contribution < 1.29 is 9.53 Å². The Hall–Kier alpha value is -1.10. The van der Waals surface area contributed by atoms with Crippen molar-refractivity contribution in [3.05, 3.63) is 23.9 Å². The molecule has 1 aliphatic rings. The lowest BCUT2D eigenvalue weighted by Gasteiger charge is -2.21. The largest absolute Gasteiger partial charge is 0.480 e. The number of hydrogen-bond acceptors (Lipinski definition) is 3. The maximum Gasteiger partial charge on any atom is 0.257 e. The summed E-state index contributed by atoms with van der Waals surface area (Å²) < 4.78 is 5.12. The molecule has 0 aliphatic heterocycles. The van der Waals surface area contributed by atoms with Crippen molar-refractivity contribution in [3.8, 4) is 5.88 Å². The van der Waals surface area contributed by atoms with Gasteiger partial charge in [-0.25, -0.2) is 4.98 Å². The highest BCUT2D eigenvalue weighted by atomic mass is 79.9. The first kappa shape index (κ1) is 14.3. The molecule has 1 aromatic heterocycles. The molecular formula is C14H19BrN2O2. The zero-order valence-corrected chi connectivity index (χ0v) is 12.6.